The van der Waals surface area contributed by atoms with Crippen LogP contribution in [0.4, 0.5) is 11.6 Å². The largest absolute Gasteiger partial charge is 0.388 e. The van der Waals surface area contributed by atoms with E-state index in [9.17, 15) is 5.11 Å². The van der Waals surface area contributed by atoms with Crippen LogP contribution in [0.3, 0.4) is 0 Å². The van der Waals surface area contributed by atoms with Crippen molar-refractivity contribution in [1.82, 2.24) is 9.97 Å². The summed E-state index contributed by atoms with van der Waals surface area (Å²) >= 11 is 0. The molecular formula is C12H22N4O. The molecule has 5 nitrogen and oxygen atoms in total. The van der Waals surface area contributed by atoms with E-state index in [0.29, 0.717) is 30.4 Å². The second-order valence-corrected chi connectivity index (χ2v) is 4.89. The molecule has 0 amide bonds. The molecule has 0 aliphatic rings. The molecule has 0 saturated carbocycles. The van der Waals surface area contributed by atoms with Crippen molar-refractivity contribution in [2.45, 2.75) is 45.6 Å². The minimum absolute atomic E-state index is 0.228. The Morgan fingerprint density at radius 1 is 1.47 bits per heavy atom. The normalized spacial score (nSPS) is 14.7. The number of hydrogen-bond donors (Lipinski definition) is 3. The summed E-state index contributed by atoms with van der Waals surface area (Å²) in [5.41, 5.74) is 4.98. The van der Waals surface area contributed by atoms with Gasteiger partial charge in [-0.1, -0.05) is 20.8 Å². The summed E-state index contributed by atoms with van der Waals surface area (Å²) in [5.74, 6) is 2.05. The molecule has 0 spiro atoms. The molecule has 1 aromatic heterocycles. The van der Waals surface area contributed by atoms with Gasteiger partial charge in [-0.2, -0.15) is 0 Å². The van der Waals surface area contributed by atoms with Crippen LogP contribution in [0.25, 0.3) is 0 Å². The van der Waals surface area contributed by atoms with Crippen molar-refractivity contribution in [2.75, 3.05) is 17.6 Å². The second kappa shape index (κ2) is 5.31. The van der Waals surface area contributed by atoms with E-state index in [4.69, 9.17) is 5.73 Å². The van der Waals surface area contributed by atoms with Crippen LogP contribution in [0.5, 0.6) is 0 Å². The van der Waals surface area contributed by atoms with Crippen LogP contribution in [0.2, 0.25) is 0 Å². The molecule has 1 unspecified atom stereocenters. The van der Waals surface area contributed by atoms with E-state index in [-0.39, 0.29) is 5.92 Å². The van der Waals surface area contributed by atoms with Gasteiger partial charge in [-0.15, -0.1) is 0 Å². The summed E-state index contributed by atoms with van der Waals surface area (Å²) in [6.45, 7) is 8.20. The van der Waals surface area contributed by atoms with Crippen LogP contribution in [0.1, 0.15) is 45.9 Å². The van der Waals surface area contributed by atoms with E-state index in [0.717, 1.165) is 0 Å². The average Bonchev–Trinajstić information content (AvgIpc) is 2.26. The number of nitrogens with one attached hydrogen (secondary N) is 1. The molecule has 1 aromatic rings. The first-order valence-corrected chi connectivity index (χ1v) is 5.95. The molecular weight excluding hydrogens is 216 g/mol. The van der Waals surface area contributed by atoms with Crippen LogP contribution in [-0.2, 0) is 0 Å². The molecule has 0 saturated heterocycles. The molecule has 1 rings (SSSR count). The average molecular weight is 238 g/mol. The minimum atomic E-state index is -0.738. The molecule has 1 heterocycles. The third-order valence-electron chi connectivity index (χ3n) is 2.69. The fourth-order valence-corrected chi connectivity index (χ4v) is 1.24. The standard InChI is InChI=1S/C12H22N4O/c1-5-12(4,17)7-14-10-6-9(13)15-11(16-10)8(2)3/h6,8,17H,5,7H2,1-4H3,(H3,13,14,15,16). The van der Waals surface area contributed by atoms with Crippen LogP contribution in [0, 0.1) is 0 Å². The van der Waals surface area contributed by atoms with Gasteiger partial charge in [0.25, 0.3) is 0 Å². The first-order chi connectivity index (χ1) is 7.84. The molecule has 4 N–H and O–H groups in total. The predicted molar refractivity (Wildman–Crippen MR) is 69.9 cm³/mol. The first kappa shape index (κ1) is 13.7. The van der Waals surface area contributed by atoms with E-state index in [2.05, 4.69) is 15.3 Å². The molecule has 0 radical (unpaired) electrons. The summed E-state index contributed by atoms with van der Waals surface area (Å²) in [6.07, 6.45) is 0.678. The van der Waals surface area contributed by atoms with Crippen molar-refractivity contribution in [2.24, 2.45) is 0 Å². The Hall–Kier alpha value is -1.36. The van der Waals surface area contributed by atoms with Crippen LogP contribution in [-0.4, -0.2) is 27.2 Å². The van der Waals surface area contributed by atoms with Crippen molar-refractivity contribution in [1.29, 1.82) is 0 Å². The van der Waals surface area contributed by atoms with Crippen molar-refractivity contribution in [3.63, 3.8) is 0 Å². The molecule has 5 heteroatoms. The molecule has 96 valence electrons. The maximum Gasteiger partial charge on any atom is 0.135 e. The van der Waals surface area contributed by atoms with E-state index in [1.54, 1.807) is 13.0 Å². The van der Waals surface area contributed by atoms with Crippen LogP contribution < -0.4 is 11.1 Å². The van der Waals surface area contributed by atoms with Gasteiger partial charge in [-0.25, -0.2) is 9.97 Å². The Labute approximate surface area is 102 Å². The number of hydrogen-bond acceptors (Lipinski definition) is 5. The van der Waals surface area contributed by atoms with Gasteiger partial charge in [0.2, 0.25) is 0 Å². The van der Waals surface area contributed by atoms with Crippen LogP contribution >= 0.6 is 0 Å². The van der Waals surface area contributed by atoms with Gasteiger partial charge < -0.3 is 16.2 Å². The molecule has 1 atom stereocenters. The summed E-state index contributed by atoms with van der Waals surface area (Å²) in [7, 11) is 0. The zero-order valence-electron chi connectivity index (χ0n) is 11.0. The lowest BCUT2D eigenvalue weighted by atomic mass is 10.0. The van der Waals surface area contributed by atoms with Crippen molar-refractivity contribution >= 4 is 11.6 Å². The van der Waals surface area contributed by atoms with E-state index >= 15 is 0 Å². The third kappa shape index (κ3) is 4.19. The molecule has 0 aliphatic carbocycles. The Balaban J connectivity index is 2.78. The number of nitrogen functional groups attached to an aromatic ring is 1. The Morgan fingerprint density at radius 2 is 2.12 bits per heavy atom. The first-order valence-electron chi connectivity index (χ1n) is 5.95. The number of nitrogens with zero attached hydrogens (tertiary/aromatic N) is 2. The molecule has 0 fully saturated rings. The fourth-order valence-electron chi connectivity index (χ4n) is 1.24. The number of nitrogens with two attached hydrogens (primary N) is 1. The third-order valence-corrected chi connectivity index (χ3v) is 2.69. The van der Waals surface area contributed by atoms with Crippen molar-refractivity contribution < 1.29 is 5.11 Å². The van der Waals surface area contributed by atoms with Gasteiger partial charge in [0.1, 0.15) is 17.5 Å². The monoisotopic (exact) mass is 238 g/mol. The lowest BCUT2D eigenvalue weighted by Crippen LogP contribution is -2.32. The number of aromatic nitrogens is 2. The lowest BCUT2D eigenvalue weighted by Gasteiger charge is -2.22. The predicted octanol–water partition coefficient (Wildman–Crippen LogP) is 1.76. The lowest BCUT2D eigenvalue weighted by molar-refractivity contribution is 0.0696. The summed E-state index contributed by atoms with van der Waals surface area (Å²) < 4.78 is 0. The highest BCUT2D eigenvalue weighted by molar-refractivity contribution is 5.45. The highest BCUT2D eigenvalue weighted by Crippen LogP contribution is 2.16. The second-order valence-electron chi connectivity index (χ2n) is 4.89. The van der Waals surface area contributed by atoms with Gasteiger partial charge >= 0.3 is 0 Å². The van der Waals surface area contributed by atoms with E-state index in [1.165, 1.54) is 0 Å². The maximum absolute atomic E-state index is 9.90. The van der Waals surface area contributed by atoms with Gasteiger partial charge in [-0.05, 0) is 13.3 Å². The van der Waals surface area contributed by atoms with Gasteiger partial charge in [0.15, 0.2) is 0 Å². The van der Waals surface area contributed by atoms with Crippen molar-refractivity contribution in [3.8, 4) is 0 Å². The molecule has 0 aliphatic heterocycles. The van der Waals surface area contributed by atoms with Gasteiger partial charge in [0, 0.05) is 18.5 Å². The number of aliphatic hydroxyl groups is 1. The topological polar surface area (TPSA) is 84.1 Å². The quantitative estimate of drug-likeness (QED) is 0.728. The summed E-state index contributed by atoms with van der Waals surface area (Å²) in [4.78, 5) is 8.52. The SMILES string of the molecule is CCC(C)(O)CNc1cc(N)nc(C(C)C)n1. The Morgan fingerprint density at radius 3 is 2.65 bits per heavy atom. The summed E-state index contributed by atoms with van der Waals surface area (Å²) in [5, 5.41) is 13.0. The van der Waals surface area contributed by atoms with E-state index in [1.807, 2.05) is 20.8 Å². The maximum atomic E-state index is 9.90. The fraction of sp³-hybridized carbons (Fsp3) is 0.667. The summed E-state index contributed by atoms with van der Waals surface area (Å²) in [6, 6.07) is 1.68. The Kier molecular flexibility index (Phi) is 4.28. The highest BCUT2D eigenvalue weighted by Gasteiger charge is 2.17. The number of anilines is 2. The minimum Gasteiger partial charge on any atom is -0.388 e. The molecule has 0 bridgehead atoms. The number of rotatable bonds is 5. The van der Waals surface area contributed by atoms with Crippen molar-refractivity contribution in [3.05, 3.63) is 11.9 Å². The smallest absolute Gasteiger partial charge is 0.135 e. The van der Waals surface area contributed by atoms with Crippen LogP contribution in [0.15, 0.2) is 6.07 Å². The molecule has 17 heavy (non-hydrogen) atoms. The highest BCUT2D eigenvalue weighted by atomic mass is 16.3. The zero-order chi connectivity index (χ0) is 13.1. The molecule has 0 aromatic carbocycles. The zero-order valence-corrected chi connectivity index (χ0v) is 11.0. The van der Waals surface area contributed by atoms with Gasteiger partial charge in [0.05, 0.1) is 5.60 Å². The van der Waals surface area contributed by atoms with Gasteiger partial charge in [-0.3, -0.25) is 0 Å². The Bertz CT molecular complexity index is 377. The van der Waals surface area contributed by atoms with E-state index < -0.39 is 5.60 Å².